The summed E-state index contributed by atoms with van der Waals surface area (Å²) in [5, 5.41) is 4.41. The number of rotatable bonds is 4. The second kappa shape index (κ2) is 5.01. The van der Waals surface area contributed by atoms with Crippen LogP contribution in [0.15, 0.2) is 36.5 Å². The highest BCUT2D eigenvalue weighted by atomic mass is 16.5. The third-order valence-electron chi connectivity index (χ3n) is 2.78. The summed E-state index contributed by atoms with van der Waals surface area (Å²) in [7, 11) is 1.66. The van der Waals surface area contributed by atoms with Crippen LogP contribution in [0.4, 0.5) is 0 Å². The predicted octanol–water partition coefficient (Wildman–Crippen LogP) is 1.75. The first-order valence-corrected chi connectivity index (χ1v) is 5.60. The van der Waals surface area contributed by atoms with Gasteiger partial charge in [-0.05, 0) is 30.7 Å². The fourth-order valence-corrected chi connectivity index (χ4v) is 1.83. The third kappa shape index (κ3) is 2.47. The SMILES string of the molecule is COc1ccc(C(CN)n2ccc(C)n2)cc1. The van der Waals surface area contributed by atoms with Gasteiger partial charge in [0.1, 0.15) is 5.75 Å². The van der Waals surface area contributed by atoms with Gasteiger partial charge in [0.25, 0.3) is 0 Å². The van der Waals surface area contributed by atoms with Gasteiger partial charge in [-0.15, -0.1) is 0 Å². The minimum absolute atomic E-state index is 0.0783. The second-order valence-corrected chi connectivity index (χ2v) is 3.96. The number of aromatic nitrogens is 2. The lowest BCUT2D eigenvalue weighted by molar-refractivity contribution is 0.414. The number of hydrogen-bond acceptors (Lipinski definition) is 3. The van der Waals surface area contributed by atoms with Crippen LogP contribution in [0.5, 0.6) is 5.75 Å². The molecule has 0 aliphatic heterocycles. The van der Waals surface area contributed by atoms with Gasteiger partial charge in [0.05, 0.1) is 18.8 Å². The molecular weight excluding hydrogens is 214 g/mol. The Balaban J connectivity index is 2.28. The molecule has 0 aliphatic carbocycles. The highest BCUT2D eigenvalue weighted by molar-refractivity contribution is 5.29. The Morgan fingerprint density at radius 2 is 2.00 bits per heavy atom. The maximum Gasteiger partial charge on any atom is 0.118 e. The summed E-state index contributed by atoms with van der Waals surface area (Å²) in [6, 6.07) is 9.98. The van der Waals surface area contributed by atoms with Crippen molar-refractivity contribution in [3.8, 4) is 5.75 Å². The zero-order valence-corrected chi connectivity index (χ0v) is 10.1. The van der Waals surface area contributed by atoms with Gasteiger partial charge in [0.15, 0.2) is 0 Å². The molecule has 0 aliphatic rings. The molecule has 90 valence electrons. The quantitative estimate of drug-likeness (QED) is 0.872. The molecule has 0 radical (unpaired) electrons. The van der Waals surface area contributed by atoms with Crippen molar-refractivity contribution in [1.82, 2.24) is 9.78 Å². The molecule has 17 heavy (non-hydrogen) atoms. The van der Waals surface area contributed by atoms with Gasteiger partial charge in [-0.1, -0.05) is 12.1 Å². The summed E-state index contributed by atoms with van der Waals surface area (Å²) in [4.78, 5) is 0. The van der Waals surface area contributed by atoms with Crippen LogP contribution in [-0.2, 0) is 0 Å². The molecule has 1 aromatic carbocycles. The maximum atomic E-state index is 5.82. The molecule has 0 saturated carbocycles. The number of nitrogens with zero attached hydrogens (tertiary/aromatic N) is 2. The average molecular weight is 231 g/mol. The average Bonchev–Trinajstić information content (AvgIpc) is 2.78. The van der Waals surface area contributed by atoms with Crippen molar-refractivity contribution in [2.24, 2.45) is 5.73 Å². The van der Waals surface area contributed by atoms with Crippen molar-refractivity contribution in [3.05, 3.63) is 47.8 Å². The minimum atomic E-state index is 0.0783. The molecule has 1 aromatic heterocycles. The Morgan fingerprint density at radius 1 is 1.29 bits per heavy atom. The van der Waals surface area contributed by atoms with Crippen molar-refractivity contribution < 1.29 is 4.74 Å². The predicted molar refractivity (Wildman–Crippen MR) is 67.2 cm³/mol. The number of nitrogens with two attached hydrogens (primary N) is 1. The van der Waals surface area contributed by atoms with Crippen LogP contribution in [0.3, 0.4) is 0 Å². The molecule has 4 nitrogen and oxygen atoms in total. The first-order chi connectivity index (χ1) is 8.24. The fourth-order valence-electron chi connectivity index (χ4n) is 1.83. The number of aryl methyl sites for hydroxylation is 1. The Morgan fingerprint density at radius 3 is 2.47 bits per heavy atom. The number of hydrogen-bond donors (Lipinski definition) is 1. The fraction of sp³-hybridized carbons (Fsp3) is 0.308. The lowest BCUT2D eigenvalue weighted by Crippen LogP contribution is -2.20. The number of ether oxygens (including phenoxy) is 1. The molecule has 2 rings (SSSR count). The summed E-state index contributed by atoms with van der Waals surface area (Å²) in [5.74, 6) is 0.848. The topological polar surface area (TPSA) is 53.1 Å². The first-order valence-electron chi connectivity index (χ1n) is 5.60. The van der Waals surface area contributed by atoms with E-state index in [-0.39, 0.29) is 6.04 Å². The number of benzene rings is 1. The zero-order chi connectivity index (χ0) is 12.3. The first kappa shape index (κ1) is 11.7. The van der Waals surface area contributed by atoms with Gasteiger partial charge in [0.2, 0.25) is 0 Å². The molecular formula is C13H17N3O. The normalized spacial score (nSPS) is 12.4. The van der Waals surface area contributed by atoms with Gasteiger partial charge in [-0.3, -0.25) is 4.68 Å². The van der Waals surface area contributed by atoms with Crippen LogP contribution < -0.4 is 10.5 Å². The molecule has 0 bridgehead atoms. The smallest absolute Gasteiger partial charge is 0.118 e. The summed E-state index contributed by atoms with van der Waals surface area (Å²) >= 11 is 0. The van der Waals surface area contributed by atoms with Crippen molar-refractivity contribution in [1.29, 1.82) is 0 Å². The Hall–Kier alpha value is -1.81. The molecule has 0 saturated heterocycles. The molecule has 2 aromatic rings. The standard InChI is InChI=1S/C13H17N3O/c1-10-7-8-16(15-10)13(9-14)11-3-5-12(17-2)6-4-11/h3-8,13H,9,14H2,1-2H3. The van der Waals surface area contributed by atoms with E-state index in [0.717, 1.165) is 17.0 Å². The summed E-state index contributed by atoms with van der Waals surface area (Å²) in [5.41, 5.74) is 7.96. The molecule has 2 N–H and O–H groups in total. The molecule has 0 amide bonds. The summed E-state index contributed by atoms with van der Waals surface area (Å²) in [6.07, 6.45) is 1.96. The number of methoxy groups -OCH3 is 1. The van der Waals surface area contributed by atoms with E-state index < -0.39 is 0 Å². The van der Waals surface area contributed by atoms with Crippen LogP contribution in [0.2, 0.25) is 0 Å². The maximum absolute atomic E-state index is 5.82. The van der Waals surface area contributed by atoms with Crippen molar-refractivity contribution in [2.75, 3.05) is 13.7 Å². The Bertz CT molecular complexity index is 476. The van der Waals surface area contributed by atoms with Crippen molar-refractivity contribution >= 4 is 0 Å². The summed E-state index contributed by atoms with van der Waals surface area (Å²) in [6.45, 7) is 2.49. The van der Waals surface area contributed by atoms with Crippen LogP contribution in [0, 0.1) is 6.92 Å². The van der Waals surface area contributed by atoms with Crippen molar-refractivity contribution in [3.63, 3.8) is 0 Å². The summed E-state index contributed by atoms with van der Waals surface area (Å²) < 4.78 is 7.04. The second-order valence-electron chi connectivity index (χ2n) is 3.96. The van der Waals surface area contributed by atoms with Gasteiger partial charge < -0.3 is 10.5 Å². The van der Waals surface area contributed by atoms with Gasteiger partial charge in [-0.2, -0.15) is 5.10 Å². The van der Waals surface area contributed by atoms with Crippen LogP contribution >= 0.6 is 0 Å². The van der Waals surface area contributed by atoms with Gasteiger partial charge in [-0.25, -0.2) is 0 Å². The lowest BCUT2D eigenvalue weighted by Gasteiger charge is -2.16. The third-order valence-corrected chi connectivity index (χ3v) is 2.78. The van der Waals surface area contributed by atoms with Crippen LogP contribution in [-0.4, -0.2) is 23.4 Å². The van der Waals surface area contributed by atoms with Gasteiger partial charge >= 0.3 is 0 Å². The highest BCUT2D eigenvalue weighted by Crippen LogP contribution is 2.20. The van der Waals surface area contributed by atoms with Crippen molar-refractivity contribution in [2.45, 2.75) is 13.0 Å². The molecule has 1 heterocycles. The molecule has 4 heteroatoms. The van der Waals surface area contributed by atoms with E-state index in [1.54, 1.807) is 7.11 Å². The van der Waals surface area contributed by atoms with E-state index in [1.165, 1.54) is 0 Å². The van der Waals surface area contributed by atoms with E-state index >= 15 is 0 Å². The highest BCUT2D eigenvalue weighted by Gasteiger charge is 2.12. The monoisotopic (exact) mass is 231 g/mol. The van der Waals surface area contributed by atoms with E-state index in [0.29, 0.717) is 6.54 Å². The van der Waals surface area contributed by atoms with E-state index in [9.17, 15) is 0 Å². The van der Waals surface area contributed by atoms with Gasteiger partial charge in [0, 0.05) is 12.7 Å². The molecule has 1 unspecified atom stereocenters. The molecule has 0 fully saturated rings. The zero-order valence-electron chi connectivity index (χ0n) is 10.1. The van der Waals surface area contributed by atoms with E-state index in [1.807, 2.05) is 48.1 Å². The van der Waals surface area contributed by atoms with E-state index in [2.05, 4.69) is 5.10 Å². The molecule has 1 atom stereocenters. The minimum Gasteiger partial charge on any atom is -0.497 e. The lowest BCUT2D eigenvalue weighted by atomic mass is 10.1. The van der Waals surface area contributed by atoms with Crippen LogP contribution in [0.25, 0.3) is 0 Å². The van der Waals surface area contributed by atoms with Crippen LogP contribution in [0.1, 0.15) is 17.3 Å². The largest absolute Gasteiger partial charge is 0.497 e. The Labute approximate surface area is 101 Å². The molecule has 0 spiro atoms. The van der Waals surface area contributed by atoms with E-state index in [4.69, 9.17) is 10.5 Å². The Kier molecular flexibility index (Phi) is 3.44.